The zero-order valence-corrected chi connectivity index (χ0v) is 5.10. The van der Waals surface area contributed by atoms with Crippen molar-refractivity contribution in [3.05, 3.63) is 24.9 Å². The molecule has 0 aromatic rings. The molecule has 0 bridgehead atoms. The Balaban J connectivity index is 2.74. The van der Waals surface area contributed by atoms with Gasteiger partial charge in [0.05, 0.1) is 12.4 Å². The van der Waals surface area contributed by atoms with Gasteiger partial charge in [0.25, 0.3) is 0 Å². The minimum Gasteiger partial charge on any atom is -0.244 e. The van der Waals surface area contributed by atoms with Crippen LogP contribution in [0.2, 0.25) is 0 Å². The van der Waals surface area contributed by atoms with Gasteiger partial charge in [0, 0.05) is 11.8 Å². The van der Waals surface area contributed by atoms with Gasteiger partial charge in [-0.3, -0.25) is 0 Å². The maximum Gasteiger partial charge on any atom is 0.115 e. The summed E-state index contributed by atoms with van der Waals surface area (Å²) in [4.78, 5) is 7.69. The Hall–Kier alpha value is -1.58. The van der Waals surface area contributed by atoms with Crippen molar-refractivity contribution in [3.63, 3.8) is 0 Å². The molecule has 48 valence electrons. The van der Waals surface area contributed by atoms with Crippen molar-refractivity contribution in [2.24, 2.45) is 0 Å². The number of rotatable bonds is 0. The number of hydrogen-bond donors (Lipinski definition) is 0. The van der Waals surface area contributed by atoms with E-state index in [9.17, 15) is 0 Å². The van der Waals surface area contributed by atoms with Gasteiger partial charge in [-0.2, -0.15) is 5.10 Å². The molecule has 0 N–H and O–H groups in total. The van der Waals surface area contributed by atoms with Crippen molar-refractivity contribution < 1.29 is 0 Å². The molecule has 0 aromatic carbocycles. The van der Waals surface area contributed by atoms with Crippen LogP contribution in [0.1, 0.15) is 0 Å². The number of aromatic nitrogens is 4. The topological polar surface area (TPSA) is 51.6 Å². The van der Waals surface area contributed by atoms with Crippen LogP contribution < -0.4 is 0 Å². The van der Waals surface area contributed by atoms with E-state index in [2.05, 4.69) is 20.2 Å². The molecule has 0 unspecified atom stereocenters. The van der Waals surface area contributed by atoms with Crippen LogP contribution in [0.15, 0.2) is 24.9 Å². The summed E-state index contributed by atoms with van der Waals surface area (Å²) in [5.41, 5.74) is 1.69. The Labute approximate surface area is 57.3 Å². The first-order valence-corrected chi connectivity index (χ1v) is 2.83. The minimum absolute atomic E-state index is 0.775. The van der Waals surface area contributed by atoms with E-state index in [0.717, 1.165) is 11.3 Å². The van der Waals surface area contributed by atoms with E-state index in [1.807, 2.05) is 0 Å². The SMILES string of the molecule is c1ncc2cnnc-2cn1. The molecule has 0 aliphatic carbocycles. The van der Waals surface area contributed by atoms with Gasteiger partial charge in [0.1, 0.15) is 12.0 Å². The van der Waals surface area contributed by atoms with Gasteiger partial charge < -0.3 is 0 Å². The van der Waals surface area contributed by atoms with Gasteiger partial charge in [-0.05, 0) is 0 Å². The third-order valence-electron chi connectivity index (χ3n) is 1.20. The molecule has 0 saturated heterocycles. The molecule has 0 atom stereocenters. The first kappa shape index (κ1) is 5.22. The van der Waals surface area contributed by atoms with Gasteiger partial charge in [0.2, 0.25) is 0 Å². The van der Waals surface area contributed by atoms with Gasteiger partial charge >= 0.3 is 0 Å². The van der Waals surface area contributed by atoms with E-state index in [1.54, 1.807) is 18.6 Å². The zero-order valence-electron chi connectivity index (χ0n) is 5.10. The number of hydrogen-bond acceptors (Lipinski definition) is 4. The van der Waals surface area contributed by atoms with E-state index < -0.39 is 0 Å². The first-order chi connectivity index (χ1) is 4.97. The lowest BCUT2D eigenvalue weighted by molar-refractivity contribution is 1.09. The van der Waals surface area contributed by atoms with Crippen LogP contribution in [0.25, 0.3) is 11.3 Å². The van der Waals surface area contributed by atoms with Crippen molar-refractivity contribution >= 4 is 0 Å². The normalized spacial score (nSPS) is 10.0. The maximum atomic E-state index is 3.86. The number of nitrogens with zero attached hydrogens (tertiary/aromatic N) is 4. The molecular weight excluding hydrogens is 128 g/mol. The minimum atomic E-state index is 0.775. The molecular formula is C6H4N4. The Morgan fingerprint density at radius 2 is 1.90 bits per heavy atom. The Morgan fingerprint density at radius 1 is 1.00 bits per heavy atom. The summed E-state index contributed by atoms with van der Waals surface area (Å²) in [6.07, 6.45) is 6.45. The van der Waals surface area contributed by atoms with E-state index in [4.69, 9.17) is 0 Å². The highest BCUT2D eigenvalue weighted by atomic mass is 15.1. The summed E-state index contributed by atoms with van der Waals surface area (Å²) in [7, 11) is 0. The van der Waals surface area contributed by atoms with E-state index in [-0.39, 0.29) is 0 Å². The second kappa shape index (κ2) is 1.98. The predicted octanol–water partition coefficient (Wildman–Crippen LogP) is 0.371. The summed E-state index contributed by atoms with van der Waals surface area (Å²) in [5.74, 6) is 0. The molecule has 0 spiro atoms. The van der Waals surface area contributed by atoms with Crippen LogP contribution in [0.4, 0.5) is 0 Å². The van der Waals surface area contributed by atoms with Gasteiger partial charge in [-0.25, -0.2) is 9.97 Å². The monoisotopic (exact) mass is 132 g/mol. The Bertz CT molecular complexity index is 281. The highest BCUT2D eigenvalue weighted by Crippen LogP contribution is 2.11. The molecule has 0 aromatic heterocycles. The third-order valence-corrected chi connectivity index (χ3v) is 1.20. The van der Waals surface area contributed by atoms with Crippen molar-refractivity contribution in [3.8, 4) is 11.3 Å². The summed E-state index contributed by atoms with van der Waals surface area (Å²) < 4.78 is 0. The molecule has 2 rings (SSSR count). The van der Waals surface area contributed by atoms with Crippen LogP contribution >= 0.6 is 0 Å². The summed E-state index contributed by atoms with van der Waals surface area (Å²) in [6, 6.07) is 0. The largest absolute Gasteiger partial charge is 0.244 e. The second-order valence-corrected chi connectivity index (χ2v) is 1.86. The molecule has 4 nitrogen and oxygen atoms in total. The van der Waals surface area contributed by atoms with Crippen LogP contribution in [0.5, 0.6) is 0 Å². The molecule has 2 aliphatic heterocycles. The summed E-state index contributed by atoms with van der Waals surface area (Å²) >= 11 is 0. The summed E-state index contributed by atoms with van der Waals surface area (Å²) in [5, 5.41) is 7.51. The Kier molecular flexibility index (Phi) is 1.04. The van der Waals surface area contributed by atoms with E-state index in [0.29, 0.717) is 0 Å². The fourth-order valence-electron chi connectivity index (χ4n) is 0.733. The maximum absolute atomic E-state index is 3.86. The second-order valence-electron chi connectivity index (χ2n) is 1.86. The highest BCUT2D eigenvalue weighted by Gasteiger charge is 2.00. The predicted molar refractivity (Wildman–Crippen MR) is 34.2 cm³/mol. The number of fused-ring (bicyclic) bond motifs is 1. The molecule has 4 heteroatoms. The third kappa shape index (κ3) is 0.699. The van der Waals surface area contributed by atoms with Crippen LogP contribution in [-0.2, 0) is 0 Å². The molecule has 0 saturated carbocycles. The highest BCUT2D eigenvalue weighted by molar-refractivity contribution is 5.55. The molecule has 0 fully saturated rings. The quantitative estimate of drug-likeness (QED) is 0.519. The zero-order chi connectivity index (χ0) is 6.81. The average Bonchev–Trinajstić information content (AvgIpc) is 2.28. The van der Waals surface area contributed by atoms with Crippen LogP contribution in [0.3, 0.4) is 0 Å². The fraction of sp³-hybridized carbons (Fsp3) is 0. The lowest BCUT2D eigenvalue weighted by Gasteiger charge is -1.78. The van der Waals surface area contributed by atoms with Crippen LogP contribution in [-0.4, -0.2) is 20.2 Å². The first-order valence-electron chi connectivity index (χ1n) is 2.83. The Morgan fingerprint density at radius 3 is 2.90 bits per heavy atom. The fourth-order valence-corrected chi connectivity index (χ4v) is 0.733. The van der Waals surface area contributed by atoms with Crippen molar-refractivity contribution in [1.29, 1.82) is 0 Å². The molecule has 2 heterocycles. The van der Waals surface area contributed by atoms with Crippen LogP contribution in [0, 0.1) is 0 Å². The van der Waals surface area contributed by atoms with Crippen molar-refractivity contribution in [2.45, 2.75) is 0 Å². The van der Waals surface area contributed by atoms with Gasteiger partial charge in [-0.15, -0.1) is 5.10 Å². The van der Waals surface area contributed by atoms with Gasteiger partial charge in [-0.1, -0.05) is 0 Å². The molecule has 10 heavy (non-hydrogen) atoms. The lowest BCUT2D eigenvalue weighted by Crippen LogP contribution is -1.69. The average molecular weight is 132 g/mol. The van der Waals surface area contributed by atoms with E-state index in [1.165, 1.54) is 6.33 Å². The van der Waals surface area contributed by atoms with Gasteiger partial charge in [0.15, 0.2) is 0 Å². The smallest absolute Gasteiger partial charge is 0.115 e. The molecule has 0 amide bonds. The van der Waals surface area contributed by atoms with E-state index >= 15 is 0 Å². The standard InChI is InChI=1S/C6H4N4/c1-5-2-9-10-6(5)3-8-4-7-1/h1-4H. The molecule has 2 aliphatic rings. The van der Waals surface area contributed by atoms with Crippen molar-refractivity contribution in [2.75, 3.05) is 0 Å². The van der Waals surface area contributed by atoms with Crippen molar-refractivity contribution in [1.82, 2.24) is 20.2 Å². The summed E-state index contributed by atoms with van der Waals surface area (Å²) in [6.45, 7) is 0. The lowest BCUT2D eigenvalue weighted by atomic mass is 10.3. The molecule has 0 radical (unpaired) electrons.